The predicted molar refractivity (Wildman–Crippen MR) is 59.3 cm³/mol. The van der Waals surface area contributed by atoms with Crippen molar-refractivity contribution >= 4 is 17.6 Å². The van der Waals surface area contributed by atoms with Crippen molar-refractivity contribution in [2.24, 2.45) is 0 Å². The number of unbranched alkanes of at least 4 members (excludes halogenated alkanes) is 4. The Morgan fingerprint density at radius 2 is 2.00 bits per heavy atom. The van der Waals surface area contributed by atoms with E-state index in [-0.39, 0.29) is 12.6 Å². The molecular weight excluding hydrogens is 200 g/mol. The number of carbonyl (C=O) groups is 1. The molecule has 0 N–H and O–H groups in total. The van der Waals surface area contributed by atoms with E-state index in [0.717, 1.165) is 12.8 Å². The second-order valence-corrected chi connectivity index (χ2v) is 3.46. The molecular formula is C11H19ClO2. The maximum atomic E-state index is 11.1. The van der Waals surface area contributed by atoms with Gasteiger partial charge in [-0.25, -0.2) is 0 Å². The standard InChI is InChI=1S/C11H19ClO2/c1-2-3-4-5-6-8-11(13)14-10-7-9-12/h7,9H,2-6,8,10H2,1H3/b9-7+. The molecule has 0 aromatic heterocycles. The Labute approximate surface area is 91.3 Å². The summed E-state index contributed by atoms with van der Waals surface area (Å²) in [5.41, 5.74) is 1.36. The number of hydrogen-bond donors (Lipinski definition) is 0. The highest BCUT2D eigenvalue weighted by molar-refractivity contribution is 6.25. The molecule has 0 saturated heterocycles. The van der Waals surface area contributed by atoms with Gasteiger partial charge in [0.15, 0.2) is 0 Å². The topological polar surface area (TPSA) is 26.3 Å². The molecule has 0 aliphatic rings. The average Bonchev–Trinajstić information content (AvgIpc) is 2.18. The van der Waals surface area contributed by atoms with Crippen molar-refractivity contribution in [2.75, 3.05) is 6.61 Å². The van der Waals surface area contributed by atoms with Crippen LogP contribution in [0.5, 0.6) is 0 Å². The van der Waals surface area contributed by atoms with Gasteiger partial charge in [0, 0.05) is 12.0 Å². The van der Waals surface area contributed by atoms with Crippen molar-refractivity contribution in [3.8, 4) is 0 Å². The number of carbonyl (C=O) groups excluding carboxylic acids is 1. The van der Waals surface area contributed by atoms with E-state index in [9.17, 15) is 4.79 Å². The van der Waals surface area contributed by atoms with Gasteiger partial charge >= 0.3 is 5.97 Å². The van der Waals surface area contributed by atoms with Crippen LogP contribution in [0.2, 0.25) is 0 Å². The quantitative estimate of drug-likeness (QED) is 0.459. The van der Waals surface area contributed by atoms with Crippen LogP contribution in [0, 0.1) is 0 Å². The molecule has 0 rings (SSSR count). The maximum absolute atomic E-state index is 11.1. The minimum absolute atomic E-state index is 0.128. The summed E-state index contributed by atoms with van der Waals surface area (Å²) < 4.78 is 4.88. The first-order chi connectivity index (χ1) is 6.81. The highest BCUT2D eigenvalue weighted by atomic mass is 35.5. The molecule has 0 atom stereocenters. The molecule has 0 saturated carbocycles. The number of esters is 1. The van der Waals surface area contributed by atoms with Crippen molar-refractivity contribution < 1.29 is 9.53 Å². The Balaban J connectivity index is 3.18. The Morgan fingerprint density at radius 1 is 1.29 bits per heavy atom. The van der Waals surface area contributed by atoms with Gasteiger partial charge in [0.05, 0.1) is 0 Å². The van der Waals surface area contributed by atoms with E-state index in [1.807, 2.05) is 0 Å². The van der Waals surface area contributed by atoms with Crippen LogP contribution in [0.3, 0.4) is 0 Å². The third-order valence-corrected chi connectivity index (χ3v) is 2.09. The van der Waals surface area contributed by atoms with E-state index in [4.69, 9.17) is 16.3 Å². The van der Waals surface area contributed by atoms with Crippen LogP contribution >= 0.6 is 11.6 Å². The molecule has 3 heteroatoms. The number of hydrogen-bond acceptors (Lipinski definition) is 2. The SMILES string of the molecule is CCCCCCCC(=O)OC/C=C/Cl. The van der Waals surface area contributed by atoms with Gasteiger partial charge in [0.25, 0.3) is 0 Å². The lowest BCUT2D eigenvalue weighted by Gasteiger charge is -2.01. The van der Waals surface area contributed by atoms with Crippen LogP contribution < -0.4 is 0 Å². The lowest BCUT2D eigenvalue weighted by Crippen LogP contribution is -2.03. The molecule has 0 heterocycles. The Bertz CT molecular complexity index is 167. The minimum Gasteiger partial charge on any atom is -0.461 e. The van der Waals surface area contributed by atoms with Crippen molar-refractivity contribution in [3.05, 3.63) is 11.6 Å². The van der Waals surface area contributed by atoms with Gasteiger partial charge in [-0.15, -0.1) is 0 Å². The number of halogens is 1. The lowest BCUT2D eigenvalue weighted by molar-refractivity contribution is -0.142. The van der Waals surface area contributed by atoms with Crippen LogP contribution in [0.25, 0.3) is 0 Å². The Kier molecular flexibility index (Phi) is 10.2. The molecule has 0 unspecified atom stereocenters. The van der Waals surface area contributed by atoms with Gasteiger partial charge in [-0.3, -0.25) is 4.79 Å². The fourth-order valence-corrected chi connectivity index (χ4v) is 1.20. The van der Waals surface area contributed by atoms with E-state index in [2.05, 4.69) is 6.92 Å². The first-order valence-corrected chi connectivity index (χ1v) is 5.65. The summed E-state index contributed by atoms with van der Waals surface area (Å²) in [7, 11) is 0. The summed E-state index contributed by atoms with van der Waals surface area (Å²) >= 11 is 5.27. The first-order valence-electron chi connectivity index (χ1n) is 5.22. The summed E-state index contributed by atoms with van der Waals surface area (Å²) in [6.45, 7) is 2.46. The number of ether oxygens (including phenoxy) is 1. The normalized spacial score (nSPS) is 10.7. The molecule has 0 radical (unpaired) electrons. The maximum Gasteiger partial charge on any atom is 0.306 e. The fraction of sp³-hybridized carbons (Fsp3) is 0.727. The van der Waals surface area contributed by atoms with E-state index < -0.39 is 0 Å². The van der Waals surface area contributed by atoms with Gasteiger partial charge in [0.1, 0.15) is 6.61 Å². The molecule has 0 bridgehead atoms. The summed E-state index contributed by atoms with van der Waals surface area (Å²) in [5.74, 6) is -0.128. The van der Waals surface area contributed by atoms with Gasteiger partial charge in [-0.1, -0.05) is 44.2 Å². The Hall–Kier alpha value is -0.500. The molecule has 0 aromatic carbocycles. The summed E-state index contributed by atoms with van der Waals surface area (Å²) in [6, 6.07) is 0. The Morgan fingerprint density at radius 3 is 2.64 bits per heavy atom. The van der Waals surface area contributed by atoms with Gasteiger partial charge in [0.2, 0.25) is 0 Å². The third-order valence-electron chi connectivity index (χ3n) is 1.91. The smallest absolute Gasteiger partial charge is 0.306 e. The van der Waals surface area contributed by atoms with Crippen molar-refractivity contribution in [1.29, 1.82) is 0 Å². The highest BCUT2D eigenvalue weighted by Crippen LogP contribution is 2.05. The average molecular weight is 219 g/mol. The largest absolute Gasteiger partial charge is 0.461 e. The van der Waals surface area contributed by atoms with Crippen molar-refractivity contribution in [2.45, 2.75) is 45.4 Å². The summed E-state index contributed by atoms with van der Waals surface area (Å²) in [4.78, 5) is 11.1. The molecule has 0 aromatic rings. The van der Waals surface area contributed by atoms with Gasteiger partial charge in [-0.2, -0.15) is 0 Å². The first kappa shape index (κ1) is 13.5. The second-order valence-electron chi connectivity index (χ2n) is 3.21. The fourth-order valence-electron chi connectivity index (χ4n) is 1.12. The van der Waals surface area contributed by atoms with E-state index in [0.29, 0.717) is 6.42 Å². The van der Waals surface area contributed by atoms with Crippen LogP contribution in [-0.2, 0) is 9.53 Å². The lowest BCUT2D eigenvalue weighted by atomic mass is 10.1. The third kappa shape index (κ3) is 9.59. The minimum atomic E-state index is -0.128. The van der Waals surface area contributed by atoms with E-state index in [1.165, 1.54) is 24.8 Å². The predicted octanol–water partition coefficient (Wildman–Crippen LogP) is 3.64. The zero-order valence-electron chi connectivity index (χ0n) is 8.80. The van der Waals surface area contributed by atoms with Crippen LogP contribution in [-0.4, -0.2) is 12.6 Å². The van der Waals surface area contributed by atoms with Gasteiger partial charge < -0.3 is 4.74 Å². The molecule has 0 aliphatic carbocycles. The molecule has 0 amide bonds. The summed E-state index contributed by atoms with van der Waals surface area (Å²) in [5, 5.41) is 0. The van der Waals surface area contributed by atoms with Gasteiger partial charge in [-0.05, 0) is 12.5 Å². The summed E-state index contributed by atoms with van der Waals surface area (Å²) in [6.07, 6.45) is 7.88. The second kappa shape index (κ2) is 10.6. The van der Waals surface area contributed by atoms with Crippen LogP contribution in [0.4, 0.5) is 0 Å². The molecule has 82 valence electrons. The molecule has 0 aliphatic heterocycles. The molecule has 2 nitrogen and oxygen atoms in total. The van der Waals surface area contributed by atoms with Crippen LogP contribution in [0.1, 0.15) is 45.4 Å². The highest BCUT2D eigenvalue weighted by Gasteiger charge is 2.00. The zero-order valence-corrected chi connectivity index (χ0v) is 9.55. The molecule has 0 spiro atoms. The molecule has 14 heavy (non-hydrogen) atoms. The zero-order chi connectivity index (χ0) is 10.6. The van der Waals surface area contributed by atoms with E-state index in [1.54, 1.807) is 6.08 Å². The molecule has 0 fully saturated rings. The van der Waals surface area contributed by atoms with E-state index >= 15 is 0 Å². The number of rotatable bonds is 8. The van der Waals surface area contributed by atoms with Crippen molar-refractivity contribution in [1.82, 2.24) is 0 Å². The van der Waals surface area contributed by atoms with Crippen LogP contribution in [0.15, 0.2) is 11.6 Å². The van der Waals surface area contributed by atoms with Crippen molar-refractivity contribution in [3.63, 3.8) is 0 Å². The monoisotopic (exact) mass is 218 g/mol.